The van der Waals surface area contributed by atoms with Crippen molar-refractivity contribution in [2.75, 3.05) is 5.32 Å². The Hall–Kier alpha value is -3.47. The Labute approximate surface area is 170 Å². The van der Waals surface area contributed by atoms with Gasteiger partial charge >= 0.3 is 0 Å². The summed E-state index contributed by atoms with van der Waals surface area (Å²) in [5, 5.41) is 6.82. The molecule has 2 amide bonds. The molecule has 2 N–H and O–H groups in total. The smallest absolute Gasteiger partial charge is 0.244 e. The van der Waals surface area contributed by atoms with Crippen LogP contribution >= 0.6 is 0 Å². The van der Waals surface area contributed by atoms with Crippen molar-refractivity contribution < 1.29 is 9.59 Å². The second-order valence-corrected chi connectivity index (χ2v) is 6.97. The van der Waals surface area contributed by atoms with E-state index in [0.29, 0.717) is 6.54 Å². The van der Waals surface area contributed by atoms with Crippen LogP contribution in [0.3, 0.4) is 0 Å². The van der Waals surface area contributed by atoms with Crippen LogP contribution in [0, 0.1) is 5.92 Å². The van der Waals surface area contributed by atoms with Gasteiger partial charge in [0.2, 0.25) is 11.8 Å². The molecule has 1 heterocycles. The number of hydrogen-bond acceptors (Lipinski definition) is 3. The van der Waals surface area contributed by atoms with Crippen molar-refractivity contribution >= 4 is 34.5 Å². The van der Waals surface area contributed by atoms with E-state index in [4.69, 9.17) is 0 Å². The zero-order valence-electron chi connectivity index (χ0n) is 16.7. The predicted octanol–water partition coefficient (Wildman–Crippen LogP) is 4.55. The third-order valence-electron chi connectivity index (χ3n) is 4.80. The number of fused-ring (bicyclic) bond motifs is 1. The van der Waals surface area contributed by atoms with Gasteiger partial charge in [0.25, 0.3) is 0 Å². The molecule has 148 valence electrons. The molecular formula is C24H25N3O2. The lowest BCUT2D eigenvalue weighted by Gasteiger charge is -2.11. The molecule has 0 aliphatic heterocycles. The number of carbonyl (C=O) groups is 2. The van der Waals surface area contributed by atoms with Gasteiger partial charge in [-0.05, 0) is 36.3 Å². The van der Waals surface area contributed by atoms with Crippen LogP contribution in [-0.4, -0.2) is 16.8 Å². The van der Waals surface area contributed by atoms with E-state index in [1.165, 1.54) is 6.08 Å². The second-order valence-electron chi connectivity index (χ2n) is 6.97. The first kappa shape index (κ1) is 20.3. The first-order chi connectivity index (χ1) is 14.1. The van der Waals surface area contributed by atoms with Crippen LogP contribution in [-0.2, 0) is 16.1 Å². The van der Waals surface area contributed by atoms with E-state index >= 15 is 0 Å². The first-order valence-corrected chi connectivity index (χ1v) is 9.76. The lowest BCUT2D eigenvalue weighted by atomic mass is 10.1. The Bertz CT molecular complexity index is 1040. The number of pyridine rings is 1. The standard InChI is InChI=1S/C24H25N3O2/c1-3-17(2)24(29)27-21-11-4-7-18(15-21)16-26-22(28)13-12-20-9-5-8-19-10-6-14-25-23(19)20/h4-15,17H,3,16H2,1-2H3,(H,26,28)(H,27,29). The minimum Gasteiger partial charge on any atom is -0.348 e. The molecule has 1 aromatic heterocycles. The Kier molecular flexibility index (Phi) is 6.74. The van der Waals surface area contributed by atoms with Crippen molar-refractivity contribution in [3.05, 3.63) is 78.0 Å². The largest absolute Gasteiger partial charge is 0.348 e. The van der Waals surface area contributed by atoms with Crippen LogP contribution in [0.25, 0.3) is 17.0 Å². The van der Waals surface area contributed by atoms with Crippen molar-refractivity contribution in [2.24, 2.45) is 5.92 Å². The summed E-state index contributed by atoms with van der Waals surface area (Å²) in [4.78, 5) is 28.7. The Morgan fingerprint density at radius 1 is 1.10 bits per heavy atom. The van der Waals surface area contributed by atoms with E-state index in [-0.39, 0.29) is 17.7 Å². The monoisotopic (exact) mass is 387 g/mol. The first-order valence-electron chi connectivity index (χ1n) is 9.76. The average Bonchev–Trinajstić information content (AvgIpc) is 2.75. The van der Waals surface area contributed by atoms with Crippen molar-refractivity contribution in [3.8, 4) is 0 Å². The number of benzene rings is 2. The maximum absolute atomic E-state index is 12.2. The van der Waals surface area contributed by atoms with Gasteiger partial charge < -0.3 is 10.6 Å². The molecule has 2 aromatic carbocycles. The topological polar surface area (TPSA) is 71.1 Å². The summed E-state index contributed by atoms with van der Waals surface area (Å²) in [6, 6.07) is 17.3. The fourth-order valence-electron chi connectivity index (χ4n) is 2.89. The molecule has 0 spiro atoms. The predicted molar refractivity (Wildman–Crippen MR) is 117 cm³/mol. The molecule has 0 radical (unpaired) electrons. The molecule has 0 bridgehead atoms. The number of anilines is 1. The number of amides is 2. The van der Waals surface area contributed by atoms with Gasteiger partial charge in [0.15, 0.2) is 0 Å². The van der Waals surface area contributed by atoms with Gasteiger partial charge in [0.1, 0.15) is 0 Å². The number of rotatable bonds is 7. The van der Waals surface area contributed by atoms with E-state index < -0.39 is 0 Å². The van der Waals surface area contributed by atoms with Crippen LogP contribution in [0.1, 0.15) is 31.4 Å². The highest BCUT2D eigenvalue weighted by molar-refractivity contribution is 5.95. The number of para-hydroxylation sites is 1. The number of nitrogens with one attached hydrogen (secondary N) is 2. The van der Waals surface area contributed by atoms with Crippen LogP contribution in [0.2, 0.25) is 0 Å². The number of hydrogen-bond donors (Lipinski definition) is 2. The van der Waals surface area contributed by atoms with E-state index in [1.54, 1.807) is 12.3 Å². The van der Waals surface area contributed by atoms with E-state index in [9.17, 15) is 9.59 Å². The van der Waals surface area contributed by atoms with E-state index in [0.717, 1.165) is 34.1 Å². The molecule has 1 atom stereocenters. The van der Waals surface area contributed by atoms with Gasteiger partial charge in [-0.3, -0.25) is 14.6 Å². The normalized spacial score (nSPS) is 12.1. The Morgan fingerprint density at radius 3 is 2.72 bits per heavy atom. The molecule has 0 fully saturated rings. The highest BCUT2D eigenvalue weighted by atomic mass is 16.2. The van der Waals surface area contributed by atoms with Crippen LogP contribution < -0.4 is 10.6 Å². The van der Waals surface area contributed by atoms with Crippen molar-refractivity contribution in [3.63, 3.8) is 0 Å². The molecule has 0 saturated heterocycles. The minimum atomic E-state index is -0.188. The molecular weight excluding hydrogens is 362 g/mol. The van der Waals surface area contributed by atoms with Gasteiger partial charge in [0, 0.05) is 41.4 Å². The summed E-state index contributed by atoms with van der Waals surface area (Å²) in [5.41, 5.74) is 3.41. The molecule has 0 aliphatic rings. The number of nitrogens with zero attached hydrogens (tertiary/aromatic N) is 1. The van der Waals surface area contributed by atoms with Crippen molar-refractivity contribution in [1.29, 1.82) is 0 Å². The highest BCUT2D eigenvalue weighted by Gasteiger charge is 2.10. The molecule has 0 aliphatic carbocycles. The molecule has 3 rings (SSSR count). The summed E-state index contributed by atoms with van der Waals surface area (Å²) in [6.45, 7) is 4.26. The van der Waals surface area contributed by atoms with Crippen LogP contribution in [0.5, 0.6) is 0 Å². The molecule has 5 nitrogen and oxygen atoms in total. The van der Waals surface area contributed by atoms with Gasteiger partial charge in [-0.15, -0.1) is 0 Å². The van der Waals surface area contributed by atoms with Crippen molar-refractivity contribution in [1.82, 2.24) is 10.3 Å². The van der Waals surface area contributed by atoms with E-state index in [1.807, 2.05) is 68.4 Å². The highest BCUT2D eigenvalue weighted by Crippen LogP contribution is 2.17. The fourth-order valence-corrected chi connectivity index (χ4v) is 2.89. The maximum atomic E-state index is 12.2. The number of carbonyl (C=O) groups excluding carboxylic acids is 2. The van der Waals surface area contributed by atoms with Gasteiger partial charge in [-0.25, -0.2) is 0 Å². The zero-order valence-corrected chi connectivity index (χ0v) is 16.7. The summed E-state index contributed by atoms with van der Waals surface area (Å²) in [5.74, 6) is -0.223. The summed E-state index contributed by atoms with van der Waals surface area (Å²) >= 11 is 0. The second kappa shape index (κ2) is 9.64. The average molecular weight is 387 g/mol. The molecule has 3 aromatic rings. The van der Waals surface area contributed by atoms with Gasteiger partial charge in [-0.1, -0.05) is 50.2 Å². The van der Waals surface area contributed by atoms with Crippen LogP contribution in [0.4, 0.5) is 5.69 Å². The van der Waals surface area contributed by atoms with Gasteiger partial charge in [0.05, 0.1) is 5.52 Å². The fraction of sp³-hybridized carbons (Fsp3) is 0.208. The lowest BCUT2D eigenvalue weighted by molar-refractivity contribution is -0.119. The zero-order chi connectivity index (χ0) is 20.6. The minimum absolute atomic E-state index is 0.000293. The summed E-state index contributed by atoms with van der Waals surface area (Å²) < 4.78 is 0. The summed E-state index contributed by atoms with van der Waals surface area (Å²) in [6.07, 6.45) is 5.82. The molecule has 29 heavy (non-hydrogen) atoms. The van der Waals surface area contributed by atoms with Crippen LogP contribution in [0.15, 0.2) is 66.9 Å². The SMILES string of the molecule is CCC(C)C(=O)Nc1cccc(CNC(=O)C=Cc2cccc3cccnc23)c1. The van der Waals surface area contributed by atoms with Crippen molar-refractivity contribution in [2.45, 2.75) is 26.8 Å². The third-order valence-corrected chi connectivity index (χ3v) is 4.80. The molecule has 0 saturated carbocycles. The summed E-state index contributed by atoms with van der Waals surface area (Å²) in [7, 11) is 0. The Morgan fingerprint density at radius 2 is 1.90 bits per heavy atom. The quantitative estimate of drug-likeness (QED) is 0.584. The Balaban J connectivity index is 1.60. The lowest BCUT2D eigenvalue weighted by Crippen LogP contribution is -2.21. The maximum Gasteiger partial charge on any atom is 0.244 e. The molecule has 1 unspecified atom stereocenters. The number of aromatic nitrogens is 1. The van der Waals surface area contributed by atoms with E-state index in [2.05, 4.69) is 15.6 Å². The third kappa shape index (κ3) is 5.51. The molecule has 5 heteroatoms. The van der Waals surface area contributed by atoms with Gasteiger partial charge in [-0.2, -0.15) is 0 Å².